The molecule has 0 fully saturated rings. The van der Waals surface area contributed by atoms with Crippen LogP contribution in [0.25, 0.3) is 33.1 Å². The van der Waals surface area contributed by atoms with E-state index in [4.69, 9.17) is 15.2 Å². The van der Waals surface area contributed by atoms with E-state index in [0.717, 1.165) is 33.1 Å². The molecule has 0 aliphatic rings. The van der Waals surface area contributed by atoms with Crippen molar-refractivity contribution in [2.75, 3.05) is 5.32 Å². The number of nitriles is 1. The van der Waals surface area contributed by atoms with Gasteiger partial charge in [0.1, 0.15) is 5.52 Å². The van der Waals surface area contributed by atoms with Crippen LogP contribution in [0.2, 0.25) is 0 Å². The van der Waals surface area contributed by atoms with Crippen molar-refractivity contribution in [3.05, 3.63) is 78.4 Å². The molecule has 0 bridgehead atoms. The van der Waals surface area contributed by atoms with Crippen molar-refractivity contribution in [2.24, 2.45) is 0 Å². The maximum absolute atomic E-state index is 12.5. The molecule has 6 nitrogen and oxygen atoms in total. The molecule has 1 amide bonds. The predicted octanol–water partition coefficient (Wildman–Crippen LogP) is 4.64. The number of rotatable bonds is 4. The zero-order valence-corrected chi connectivity index (χ0v) is 16.0. The molecular weight excluding hydrogens is 374 g/mol. The lowest BCUT2D eigenvalue weighted by molar-refractivity contribution is -0.116. The fourth-order valence-electron chi connectivity index (χ4n) is 3.67. The molecule has 3 aromatic carbocycles. The molecule has 0 saturated carbocycles. The van der Waals surface area contributed by atoms with Crippen molar-refractivity contribution >= 4 is 44.7 Å². The molecule has 0 radical (unpaired) electrons. The van der Waals surface area contributed by atoms with E-state index >= 15 is 0 Å². The van der Waals surface area contributed by atoms with Crippen LogP contribution in [0.5, 0.6) is 0 Å². The molecule has 0 aliphatic carbocycles. The van der Waals surface area contributed by atoms with Crippen molar-refractivity contribution in [2.45, 2.75) is 13.0 Å². The number of nitrogens with one attached hydrogen (secondary N) is 1. The molecule has 5 rings (SSSR count). The van der Waals surface area contributed by atoms with Gasteiger partial charge >= 0.3 is 0 Å². The van der Waals surface area contributed by atoms with Gasteiger partial charge in [-0.2, -0.15) is 5.26 Å². The summed E-state index contributed by atoms with van der Waals surface area (Å²) >= 11 is 0. The number of hydrogen-bond donors (Lipinski definition) is 1. The number of fused-ring (bicyclic) bond motifs is 4. The van der Waals surface area contributed by atoms with Crippen LogP contribution in [-0.4, -0.2) is 20.4 Å². The molecule has 0 unspecified atom stereocenters. The van der Waals surface area contributed by atoms with Crippen LogP contribution >= 0.6 is 0 Å². The van der Waals surface area contributed by atoms with Crippen LogP contribution in [0.15, 0.2) is 72.8 Å². The topological polar surface area (TPSA) is 83.6 Å². The summed E-state index contributed by atoms with van der Waals surface area (Å²) in [6.45, 7) is 0.485. The van der Waals surface area contributed by atoms with E-state index in [1.54, 1.807) is 24.3 Å². The van der Waals surface area contributed by atoms with Gasteiger partial charge in [-0.05, 0) is 42.5 Å². The molecule has 2 heterocycles. The minimum absolute atomic E-state index is 0.0978. The van der Waals surface area contributed by atoms with Gasteiger partial charge in [0.05, 0.1) is 28.2 Å². The maximum Gasteiger partial charge on any atom is 0.226 e. The number of anilines is 1. The van der Waals surface area contributed by atoms with Crippen LogP contribution in [0.4, 0.5) is 5.69 Å². The third-order valence-electron chi connectivity index (χ3n) is 5.12. The zero-order valence-electron chi connectivity index (χ0n) is 16.0. The van der Waals surface area contributed by atoms with Gasteiger partial charge in [0, 0.05) is 24.0 Å². The fraction of sp³-hybridized carbons (Fsp3) is 0.0833. The van der Waals surface area contributed by atoms with E-state index in [-0.39, 0.29) is 5.91 Å². The molecule has 0 aliphatic heterocycles. The molecular formula is C24H17N5O. The Morgan fingerprint density at radius 2 is 1.63 bits per heavy atom. The lowest BCUT2D eigenvalue weighted by Gasteiger charge is -2.08. The summed E-state index contributed by atoms with van der Waals surface area (Å²) in [6.07, 6.45) is 0.294. The molecule has 2 aromatic heterocycles. The third-order valence-corrected chi connectivity index (χ3v) is 5.12. The minimum atomic E-state index is -0.0978. The summed E-state index contributed by atoms with van der Waals surface area (Å²) in [5, 5.41) is 12.8. The standard InChI is InChI=1S/C24H17N5O/c25-15-16-9-11-17(12-10-16)26-22(30)13-14-29-21-8-4-1-5-18(21)23-24(29)28-20-7-3-2-6-19(20)27-23/h1-12H,13-14H2,(H,26,30). The lowest BCUT2D eigenvalue weighted by Crippen LogP contribution is -2.14. The third kappa shape index (κ3) is 3.12. The highest BCUT2D eigenvalue weighted by atomic mass is 16.1. The molecule has 1 N–H and O–H groups in total. The number of carbonyl (C=O) groups is 1. The van der Waals surface area contributed by atoms with Crippen LogP contribution in [0.1, 0.15) is 12.0 Å². The Balaban J connectivity index is 1.47. The van der Waals surface area contributed by atoms with Crippen molar-refractivity contribution in [1.29, 1.82) is 5.26 Å². The Hall–Kier alpha value is -4.24. The number of carbonyl (C=O) groups excluding carboxylic acids is 1. The Kier molecular flexibility index (Phi) is 4.34. The molecule has 5 aromatic rings. The van der Waals surface area contributed by atoms with Crippen LogP contribution in [0.3, 0.4) is 0 Å². The average molecular weight is 391 g/mol. The summed E-state index contributed by atoms with van der Waals surface area (Å²) in [5.41, 5.74) is 5.55. The Labute approximate surface area is 172 Å². The summed E-state index contributed by atoms with van der Waals surface area (Å²) in [7, 11) is 0. The van der Waals surface area contributed by atoms with Gasteiger partial charge in [0.2, 0.25) is 5.91 Å². The minimum Gasteiger partial charge on any atom is -0.326 e. The first-order valence-corrected chi connectivity index (χ1v) is 9.67. The van der Waals surface area contributed by atoms with E-state index in [0.29, 0.717) is 24.2 Å². The molecule has 144 valence electrons. The number of nitrogens with zero attached hydrogens (tertiary/aromatic N) is 4. The van der Waals surface area contributed by atoms with E-state index in [9.17, 15) is 4.79 Å². The Bertz CT molecular complexity index is 1440. The highest BCUT2D eigenvalue weighted by molar-refractivity contribution is 6.06. The zero-order chi connectivity index (χ0) is 20.5. The monoisotopic (exact) mass is 391 g/mol. The summed E-state index contributed by atoms with van der Waals surface area (Å²) in [5.74, 6) is -0.0978. The largest absolute Gasteiger partial charge is 0.326 e. The van der Waals surface area contributed by atoms with Gasteiger partial charge in [0.15, 0.2) is 5.65 Å². The summed E-state index contributed by atoms with van der Waals surface area (Å²) < 4.78 is 2.06. The Morgan fingerprint density at radius 1 is 0.933 bits per heavy atom. The molecule has 6 heteroatoms. The number of para-hydroxylation sites is 3. The van der Waals surface area contributed by atoms with E-state index in [1.165, 1.54) is 0 Å². The Morgan fingerprint density at radius 3 is 2.40 bits per heavy atom. The smallest absolute Gasteiger partial charge is 0.226 e. The fourth-order valence-corrected chi connectivity index (χ4v) is 3.67. The number of aromatic nitrogens is 3. The first-order chi connectivity index (χ1) is 14.7. The van der Waals surface area contributed by atoms with Crippen molar-refractivity contribution in [1.82, 2.24) is 14.5 Å². The van der Waals surface area contributed by atoms with Gasteiger partial charge in [-0.25, -0.2) is 9.97 Å². The van der Waals surface area contributed by atoms with E-state index in [1.807, 2.05) is 48.5 Å². The van der Waals surface area contributed by atoms with Gasteiger partial charge in [-0.3, -0.25) is 4.79 Å². The SMILES string of the molecule is N#Cc1ccc(NC(=O)CCn2c3ccccc3c3nc4ccccc4nc32)cc1. The first kappa shape index (κ1) is 17.8. The molecule has 0 spiro atoms. The molecule has 30 heavy (non-hydrogen) atoms. The van der Waals surface area contributed by atoms with Crippen LogP contribution in [0, 0.1) is 11.3 Å². The quantitative estimate of drug-likeness (QED) is 0.484. The van der Waals surface area contributed by atoms with Crippen molar-refractivity contribution < 1.29 is 4.79 Å². The van der Waals surface area contributed by atoms with Gasteiger partial charge < -0.3 is 9.88 Å². The second-order valence-electron chi connectivity index (χ2n) is 7.04. The van der Waals surface area contributed by atoms with Crippen LogP contribution in [-0.2, 0) is 11.3 Å². The van der Waals surface area contributed by atoms with Crippen molar-refractivity contribution in [3.63, 3.8) is 0 Å². The second-order valence-corrected chi connectivity index (χ2v) is 7.04. The predicted molar refractivity (Wildman–Crippen MR) is 117 cm³/mol. The van der Waals surface area contributed by atoms with Gasteiger partial charge in [-0.1, -0.05) is 30.3 Å². The summed E-state index contributed by atoms with van der Waals surface area (Å²) in [4.78, 5) is 22.2. The second kappa shape index (κ2) is 7.30. The number of hydrogen-bond acceptors (Lipinski definition) is 4. The first-order valence-electron chi connectivity index (χ1n) is 9.67. The van der Waals surface area contributed by atoms with E-state index in [2.05, 4.69) is 16.0 Å². The van der Waals surface area contributed by atoms with E-state index < -0.39 is 0 Å². The average Bonchev–Trinajstić information content (AvgIpc) is 3.09. The van der Waals surface area contributed by atoms with Crippen LogP contribution < -0.4 is 5.32 Å². The lowest BCUT2D eigenvalue weighted by atomic mass is 10.2. The molecule has 0 atom stereocenters. The number of benzene rings is 3. The summed E-state index contributed by atoms with van der Waals surface area (Å²) in [6, 6.07) is 24.7. The number of aryl methyl sites for hydroxylation is 1. The highest BCUT2D eigenvalue weighted by Crippen LogP contribution is 2.28. The maximum atomic E-state index is 12.5. The van der Waals surface area contributed by atoms with Gasteiger partial charge in [0.25, 0.3) is 0 Å². The number of amides is 1. The molecule has 0 saturated heterocycles. The van der Waals surface area contributed by atoms with Crippen molar-refractivity contribution in [3.8, 4) is 6.07 Å². The highest BCUT2D eigenvalue weighted by Gasteiger charge is 2.15. The normalized spacial score (nSPS) is 11.0. The van der Waals surface area contributed by atoms with Gasteiger partial charge in [-0.15, -0.1) is 0 Å².